The number of nitrogens with zero attached hydrogens (tertiary/aromatic N) is 2. The molecule has 0 saturated carbocycles. The van der Waals surface area contributed by atoms with Crippen LogP contribution in [0.5, 0.6) is 11.5 Å². The maximum absolute atomic E-state index is 5.81. The van der Waals surface area contributed by atoms with E-state index in [1.54, 1.807) is 0 Å². The Hall–Kier alpha value is -3.47. The van der Waals surface area contributed by atoms with Crippen molar-refractivity contribution in [3.8, 4) is 28.4 Å². The van der Waals surface area contributed by atoms with Gasteiger partial charge in [0.05, 0.1) is 11.4 Å². The van der Waals surface area contributed by atoms with Crippen LogP contribution in [0.3, 0.4) is 0 Å². The Morgan fingerprint density at radius 3 is 2.63 bits per heavy atom. The molecule has 5 nitrogen and oxygen atoms in total. The lowest BCUT2D eigenvalue weighted by Crippen LogP contribution is -2.15. The second-order valence-electron chi connectivity index (χ2n) is 7.86. The second kappa shape index (κ2) is 7.10. The summed E-state index contributed by atoms with van der Waals surface area (Å²) < 4.78 is 13.5. The summed E-state index contributed by atoms with van der Waals surface area (Å²) in [6.45, 7) is 2.13. The summed E-state index contributed by atoms with van der Waals surface area (Å²) >= 11 is 0. The zero-order valence-electron chi connectivity index (χ0n) is 16.7. The van der Waals surface area contributed by atoms with Gasteiger partial charge in [-0.2, -0.15) is 5.10 Å². The molecule has 0 saturated heterocycles. The molecule has 0 bridgehead atoms. The fraction of sp³-hybridized carbons (Fsp3) is 0.240. The van der Waals surface area contributed by atoms with Gasteiger partial charge >= 0.3 is 0 Å². The highest BCUT2D eigenvalue weighted by Gasteiger charge is 2.23. The molecule has 5 heteroatoms. The molecule has 0 spiro atoms. The standard InChI is InChI=1S/C25H23N3O2/c1-2-6-18-15-19(9-8-17(18)5-1)24-21-7-3-4-12-26-25(21)28(27-24)20-10-11-22-23(16-20)30-14-13-29-22/h1-2,5-6,8-11,15-16,26H,3-4,7,12-14H2. The Balaban J connectivity index is 1.52. The van der Waals surface area contributed by atoms with Crippen molar-refractivity contribution in [2.24, 2.45) is 0 Å². The van der Waals surface area contributed by atoms with Crippen LogP contribution < -0.4 is 14.8 Å². The molecule has 150 valence electrons. The third-order valence-corrected chi connectivity index (χ3v) is 5.92. The molecule has 2 aliphatic heterocycles. The molecule has 6 rings (SSSR count). The van der Waals surface area contributed by atoms with Gasteiger partial charge in [0.1, 0.15) is 19.0 Å². The molecule has 0 fully saturated rings. The minimum Gasteiger partial charge on any atom is -0.486 e. The average molecular weight is 397 g/mol. The summed E-state index contributed by atoms with van der Waals surface area (Å²) in [6.07, 6.45) is 3.34. The van der Waals surface area contributed by atoms with Crippen molar-refractivity contribution in [2.45, 2.75) is 19.3 Å². The van der Waals surface area contributed by atoms with Gasteiger partial charge in [0.25, 0.3) is 0 Å². The predicted molar refractivity (Wildman–Crippen MR) is 119 cm³/mol. The molecule has 2 aliphatic rings. The van der Waals surface area contributed by atoms with Gasteiger partial charge in [-0.1, -0.05) is 36.4 Å². The Morgan fingerprint density at radius 2 is 1.70 bits per heavy atom. The van der Waals surface area contributed by atoms with E-state index in [1.807, 2.05) is 16.8 Å². The van der Waals surface area contributed by atoms with Crippen molar-refractivity contribution in [3.05, 3.63) is 66.2 Å². The molecule has 4 aromatic rings. The number of hydrogen-bond donors (Lipinski definition) is 1. The Kier molecular flexibility index (Phi) is 4.11. The van der Waals surface area contributed by atoms with Gasteiger partial charge in [-0.3, -0.25) is 0 Å². The highest BCUT2D eigenvalue weighted by atomic mass is 16.6. The van der Waals surface area contributed by atoms with Crippen LogP contribution in [0, 0.1) is 0 Å². The fourth-order valence-corrected chi connectivity index (χ4v) is 4.42. The van der Waals surface area contributed by atoms with Crippen molar-refractivity contribution < 1.29 is 9.47 Å². The molecule has 0 aliphatic carbocycles. The van der Waals surface area contributed by atoms with Gasteiger partial charge in [-0.25, -0.2) is 4.68 Å². The summed E-state index contributed by atoms with van der Waals surface area (Å²) in [5.74, 6) is 2.67. The first kappa shape index (κ1) is 17.4. The summed E-state index contributed by atoms with van der Waals surface area (Å²) in [5.41, 5.74) is 4.49. The quantitative estimate of drug-likeness (QED) is 0.504. The second-order valence-corrected chi connectivity index (χ2v) is 7.86. The molecule has 1 aromatic heterocycles. The largest absolute Gasteiger partial charge is 0.486 e. The van der Waals surface area contributed by atoms with E-state index in [-0.39, 0.29) is 0 Å². The van der Waals surface area contributed by atoms with Gasteiger partial charge in [-0.15, -0.1) is 0 Å². The number of anilines is 1. The molecule has 0 unspecified atom stereocenters. The normalized spacial score (nSPS) is 15.3. The molecular formula is C25H23N3O2. The molecule has 30 heavy (non-hydrogen) atoms. The Labute approximate surface area is 175 Å². The number of aromatic nitrogens is 2. The van der Waals surface area contributed by atoms with Crippen LogP contribution in [-0.4, -0.2) is 29.5 Å². The van der Waals surface area contributed by atoms with Gasteiger partial charge in [0.15, 0.2) is 11.5 Å². The third kappa shape index (κ3) is 2.89. The number of benzene rings is 3. The van der Waals surface area contributed by atoms with E-state index < -0.39 is 0 Å². The third-order valence-electron chi connectivity index (χ3n) is 5.92. The number of hydrogen-bond acceptors (Lipinski definition) is 4. The molecule has 0 radical (unpaired) electrons. The van der Waals surface area contributed by atoms with Crippen molar-refractivity contribution in [1.29, 1.82) is 0 Å². The van der Waals surface area contributed by atoms with Crippen molar-refractivity contribution in [1.82, 2.24) is 9.78 Å². The van der Waals surface area contributed by atoms with Crippen LogP contribution in [0.25, 0.3) is 27.7 Å². The summed E-state index contributed by atoms with van der Waals surface area (Å²) in [6, 6.07) is 21.1. The Morgan fingerprint density at radius 1 is 0.833 bits per heavy atom. The molecule has 0 amide bonds. The van der Waals surface area contributed by atoms with Crippen molar-refractivity contribution in [3.63, 3.8) is 0 Å². The van der Waals surface area contributed by atoms with E-state index in [0.717, 1.165) is 60.1 Å². The van der Waals surface area contributed by atoms with Crippen LogP contribution >= 0.6 is 0 Å². The van der Waals surface area contributed by atoms with E-state index in [0.29, 0.717) is 13.2 Å². The van der Waals surface area contributed by atoms with E-state index in [2.05, 4.69) is 53.8 Å². The first-order valence-corrected chi connectivity index (χ1v) is 10.6. The number of fused-ring (bicyclic) bond motifs is 3. The first-order valence-electron chi connectivity index (χ1n) is 10.6. The number of rotatable bonds is 2. The topological polar surface area (TPSA) is 48.3 Å². The van der Waals surface area contributed by atoms with Gasteiger partial charge < -0.3 is 14.8 Å². The van der Waals surface area contributed by atoms with E-state index in [1.165, 1.54) is 16.3 Å². The summed E-state index contributed by atoms with van der Waals surface area (Å²) in [5, 5.41) is 11.2. The summed E-state index contributed by atoms with van der Waals surface area (Å²) in [7, 11) is 0. The van der Waals surface area contributed by atoms with E-state index in [4.69, 9.17) is 14.6 Å². The van der Waals surface area contributed by atoms with Crippen LogP contribution in [0.4, 0.5) is 5.82 Å². The van der Waals surface area contributed by atoms with E-state index >= 15 is 0 Å². The zero-order valence-corrected chi connectivity index (χ0v) is 16.7. The van der Waals surface area contributed by atoms with Gasteiger partial charge in [-0.05, 0) is 48.2 Å². The van der Waals surface area contributed by atoms with Crippen LogP contribution in [0.15, 0.2) is 60.7 Å². The summed E-state index contributed by atoms with van der Waals surface area (Å²) in [4.78, 5) is 0. The monoisotopic (exact) mass is 397 g/mol. The zero-order chi connectivity index (χ0) is 19.9. The van der Waals surface area contributed by atoms with Crippen molar-refractivity contribution >= 4 is 16.6 Å². The van der Waals surface area contributed by atoms with Gasteiger partial charge in [0.2, 0.25) is 0 Å². The van der Waals surface area contributed by atoms with E-state index in [9.17, 15) is 0 Å². The fourth-order valence-electron chi connectivity index (χ4n) is 4.42. The smallest absolute Gasteiger partial charge is 0.163 e. The maximum atomic E-state index is 5.81. The lowest BCUT2D eigenvalue weighted by atomic mass is 10.0. The lowest BCUT2D eigenvalue weighted by molar-refractivity contribution is 0.171. The molecular weight excluding hydrogens is 374 g/mol. The highest BCUT2D eigenvalue weighted by molar-refractivity contribution is 5.87. The molecule has 0 atom stereocenters. The first-order chi connectivity index (χ1) is 14.9. The van der Waals surface area contributed by atoms with Gasteiger partial charge in [0, 0.05) is 23.7 Å². The van der Waals surface area contributed by atoms with Crippen LogP contribution in [0.1, 0.15) is 18.4 Å². The maximum Gasteiger partial charge on any atom is 0.163 e. The van der Waals surface area contributed by atoms with Crippen LogP contribution in [-0.2, 0) is 6.42 Å². The number of ether oxygens (including phenoxy) is 2. The predicted octanol–water partition coefficient (Wildman–Crippen LogP) is 5.21. The highest BCUT2D eigenvalue weighted by Crippen LogP contribution is 2.37. The Bertz CT molecular complexity index is 1240. The minimum atomic E-state index is 0.578. The lowest BCUT2D eigenvalue weighted by Gasteiger charge is -2.19. The molecule has 3 heterocycles. The SMILES string of the molecule is c1ccc2cc(-c3nn(-c4ccc5c(c4)OCCO5)c4c3CCCCN4)ccc2c1. The van der Waals surface area contributed by atoms with Crippen LogP contribution in [0.2, 0.25) is 0 Å². The molecule has 1 N–H and O–H groups in total. The minimum absolute atomic E-state index is 0.578. The van der Waals surface area contributed by atoms with Crippen molar-refractivity contribution in [2.75, 3.05) is 25.1 Å². The average Bonchev–Trinajstić information content (AvgIpc) is 2.99. The number of nitrogens with one attached hydrogen (secondary N) is 1. The molecule has 3 aromatic carbocycles.